The van der Waals surface area contributed by atoms with Crippen LogP contribution < -0.4 is 10.2 Å². The van der Waals surface area contributed by atoms with Crippen molar-refractivity contribution in [3.8, 4) is 6.07 Å². The Labute approximate surface area is 196 Å². The van der Waals surface area contributed by atoms with Gasteiger partial charge in [-0.15, -0.1) is 0 Å². The van der Waals surface area contributed by atoms with Crippen molar-refractivity contribution in [2.75, 3.05) is 37.6 Å². The summed E-state index contributed by atoms with van der Waals surface area (Å²) in [6.45, 7) is 5.38. The first kappa shape index (κ1) is 23.4. The van der Waals surface area contributed by atoms with Gasteiger partial charge in [-0.2, -0.15) is 5.26 Å². The standard InChI is InChI=1S/C27H33FN4O/c28-26-18-25(7-6-24(26)19-29)32(27(33)23-8-13-30-14-9-23)17-12-21-10-15-31(16-11-21)20-22-4-2-1-3-5-22/h1-7,18,21,23,30H,8-17,20H2. The van der Waals surface area contributed by atoms with E-state index >= 15 is 0 Å². The lowest BCUT2D eigenvalue weighted by molar-refractivity contribution is -0.123. The average Bonchev–Trinajstić information content (AvgIpc) is 2.86. The van der Waals surface area contributed by atoms with E-state index in [2.05, 4.69) is 34.5 Å². The van der Waals surface area contributed by atoms with Crippen LogP contribution in [0, 0.1) is 29.0 Å². The predicted octanol–water partition coefficient (Wildman–Crippen LogP) is 4.33. The van der Waals surface area contributed by atoms with Gasteiger partial charge in [0.05, 0.1) is 5.56 Å². The Hall–Kier alpha value is -2.75. The summed E-state index contributed by atoms with van der Waals surface area (Å²) < 4.78 is 14.4. The molecule has 33 heavy (non-hydrogen) atoms. The van der Waals surface area contributed by atoms with E-state index in [1.165, 1.54) is 17.7 Å². The van der Waals surface area contributed by atoms with Crippen molar-refractivity contribution < 1.29 is 9.18 Å². The Morgan fingerprint density at radius 2 is 1.82 bits per heavy atom. The largest absolute Gasteiger partial charge is 0.317 e. The molecule has 2 heterocycles. The fraction of sp³-hybridized carbons (Fsp3) is 0.481. The lowest BCUT2D eigenvalue weighted by Crippen LogP contribution is -2.42. The van der Waals surface area contributed by atoms with Crippen LogP contribution in [-0.2, 0) is 11.3 Å². The van der Waals surface area contributed by atoms with Crippen LogP contribution in [0.3, 0.4) is 0 Å². The summed E-state index contributed by atoms with van der Waals surface area (Å²) in [5, 5.41) is 12.4. The van der Waals surface area contributed by atoms with E-state index in [1.807, 2.05) is 12.1 Å². The van der Waals surface area contributed by atoms with E-state index < -0.39 is 5.82 Å². The van der Waals surface area contributed by atoms with Gasteiger partial charge in [-0.25, -0.2) is 4.39 Å². The van der Waals surface area contributed by atoms with Crippen LogP contribution in [0.25, 0.3) is 0 Å². The van der Waals surface area contributed by atoms with Gasteiger partial charge in [0.15, 0.2) is 0 Å². The molecule has 0 spiro atoms. The summed E-state index contributed by atoms with van der Waals surface area (Å²) in [4.78, 5) is 17.7. The predicted molar refractivity (Wildman–Crippen MR) is 128 cm³/mol. The van der Waals surface area contributed by atoms with E-state index in [0.717, 1.165) is 64.8 Å². The van der Waals surface area contributed by atoms with Gasteiger partial charge in [0.1, 0.15) is 11.9 Å². The average molecular weight is 449 g/mol. The minimum Gasteiger partial charge on any atom is -0.317 e. The molecule has 2 aromatic carbocycles. The number of anilines is 1. The highest BCUT2D eigenvalue weighted by Crippen LogP contribution is 2.27. The molecule has 1 amide bonds. The summed E-state index contributed by atoms with van der Waals surface area (Å²) >= 11 is 0. The summed E-state index contributed by atoms with van der Waals surface area (Å²) in [6.07, 6.45) is 4.77. The zero-order valence-corrected chi connectivity index (χ0v) is 19.2. The van der Waals surface area contributed by atoms with Crippen molar-refractivity contribution in [2.45, 2.75) is 38.6 Å². The molecule has 1 N–H and O–H groups in total. The van der Waals surface area contributed by atoms with E-state index in [1.54, 1.807) is 11.0 Å². The highest BCUT2D eigenvalue weighted by molar-refractivity contribution is 5.95. The molecule has 4 rings (SSSR count). The maximum atomic E-state index is 14.4. The first-order chi connectivity index (χ1) is 16.1. The Bertz CT molecular complexity index is 960. The van der Waals surface area contributed by atoms with E-state index in [-0.39, 0.29) is 17.4 Å². The molecule has 0 bridgehead atoms. The van der Waals surface area contributed by atoms with Gasteiger partial charge in [0.25, 0.3) is 0 Å². The summed E-state index contributed by atoms with van der Waals surface area (Å²) in [5.41, 5.74) is 1.92. The summed E-state index contributed by atoms with van der Waals surface area (Å²) in [7, 11) is 0. The van der Waals surface area contributed by atoms with Crippen LogP contribution in [0.5, 0.6) is 0 Å². The van der Waals surface area contributed by atoms with Crippen molar-refractivity contribution in [3.05, 3.63) is 65.5 Å². The third-order valence-corrected chi connectivity index (χ3v) is 7.06. The third kappa shape index (κ3) is 6.19. The number of amides is 1. The molecule has 174 valence electrons. The van der Waals surface area contributed by atoms with Crippen LogP contribution in [-0.4, -0.2) is 43.5 Å². The monoisotopic (exact) mass is 448 g/mol. The van der Waals surface area contributed by atoms with Crippen molar-refractivity contribution in [2.24, 2.45) is 11.8 Å². The highest BCUT2D eigenvalue weighted by atomic mass is 19.1. The maximum Gasteiger partial charge on any atom is 0.230 e. The van der Waals surface area contributed by atoms with Crippen molar-refractivity contribution in [1.29, 1.82) is 5.26 Å². The second kappa shape index (κ2) is 11.4. The van der Waals surface area contributed by atoms with Gasteiger partial charge in [-0.05, 0) is 88.0 Å². The minimum atomic E-state index is -0.563. The third-order valence-electron chi connectivity index (χ3n) is 7.06. The lowest BCUT2D eigenvalue weighted by Gasteiger charge is -2.34. The second-order valence-corrected chi connectivity index (χ2v) is 9.28. The number of nitrogens with zero attached hydrogens (tertiary/aromatic N) is 3. The molecule has 0 radical (unpaired) electrons. The number of rotatable bonds is 7. The van der Waals surface area contributed by atoms with E-state index in [0.29, 0.717) is 18.2 Å². The fourth-order valence-corrected chi connectivity index (χ4v) is 5.00. The fourth-order valence-electron chi connectivity index (χ4n) is 5.00. The number of nitriles is 1. The number of carbonyl (C=O) groups is 1. The molecule has 0 unspecified atom stereocenters. The van der Waals surface area contributed by atoms with Crippen molar-refractivity contribution in [1.82, 2.24) is 10.2 Å². The SMILES string of the molecule is N#Cc1ccc(N(CCC2CCN(Cc3ccccc3)CC2)C(=O)C2CCNCC2)cc1F. The number of nitrogens with one attached hydrogen (secondary N) is 1. The smallest absolute Gasteiger partial charge is 0.230 e. The summed E-state index contributed by atoms with van der Waals surface area (Å²) in [6, 6.07) is 17.0. The topological polar surface area (TPSA) is 59.4 Å². The Morgan fingerprint density at radius 3 is 2.48 bits per heavy atom. The van der Waals surface area contributed by atoms with Gasteiger partial charge >= 0.3 is 0 Å². The van der Waals surface area contributed by atoms with E-state index in [4.69, 9.17) is 5.26 Å². The molecule has 5 nitrogen and oxygen atoms in total. The van der Waals surface area contributed by atoms with Crippen LogP contribution in [0.15, 0.2) is 48.5 Å². The van der Waals surface area contributed by atoms with Gasteiger partial charge < -0.3 is 10.2 Å². The molecular weight excluding hydrogens is 415 g/mol. The molecule has 6 heteroatoms. The first-order valence-electron chi connectivity index (χ1n) is 12.1. The van der Waals surface area contributed by atoms with Crippen molar-refractivity contribution >= 4 is 11.6 Å². The van der Waals surface area contributed by atoms with Crippen LogP contribution >= 0.6 is 0 Å². The number of likely N-dealkylation sites (tertiary alicyclic amines) is 1. The number of hydrogen-bond donors (Lipinski definition) is 1. The normalized spacial score (nSPS) is 18.1. The molecule has 0 aromatic heterocycles. The number of hydrogen-bond acceptors (Lipinski definition) is 4. The molecule has 2 fully saturated rings. The molecule has 2 saturated heterocycles. The quantitative estimate of drug-likeness (QED) is 0.685. The maximum absolute atomic E-state index is 14.4. The van der Waals surface area contributed by atoms with Crippen LogP contribution in [0.2, 0.25) is 0 Å². The van der Waals surface area contributed by atoms with Crippen molar-refractivity contribution in [3.63, 3.8) is 0 Å². The number of benzene rings is 2. The molecule has 0 atom stereocenters. The molecule has 0 aliphatic carbocycles. The molecule has 2 aliphatic rings. The first-order valence-corrected chi connectivity index (χ1v) is 12.1. The van der Waals surface area contributed by atoms with Gasteiger partial charge in [-0.1, -0.05) is 30.3 Å². The highest BCUT2D eigenvalue weighted by Gasteiger charge is 2.28. The minimum absolute atomic E-state index is 0.0128. The van der Waals surface area contributed by atoms with Gasteiger partial charge in [0.2, 0.25) is 5.91 Å². The van der Waals surface area contributed by atoms with E-state index in [9.17, 15) is 9.18 Å². The Morgan fingerprint density at radius 1 is 1.09 bits per heavy atom. The molecular formula is C27H33FN4O. The van der Waals surface area contributed by atoms with Crippen LogP contribution in [0.1, 0.15) is 43.2 Å². The lowest BCUT2D eigenvalue weighted by atomic mass is 9.92. The Kier molecular flexibility index (Phi) is 8.09. The zero-order valence-electron chi connectivity index (χ0n) is 19.2. The number of piperidine rings is 2. The van der Waals surface area contributed by atoms with Crippen LogP contribution in [0.4, 0.5) is 10.1 Å². The van der Waals surface area contributed by atoms with Gasteiger partial charge in [0, 0.05) is 24.7 Å². The number of halogens is 1. The zero-order chi connectivity index (χ0) is 23.0. The molecule has 2 aromatic rings. The Balaban J connectivity index is 1.38. The summed E-state index contributed by atoms with van der Waals surface area (Å²) in [5.74, 6) is 0.0516. The number of carbonyl (C=O) groups excluding carboxylic acids is 1. The molecule has 0 saturated carbocycles. The van der Waals surface area contributed by atoms with Gasteiger partial charge in [-0.3, -0.25) is 9.69 Å². The second-order valence-electron chi connectivity index (χ2n) is 9.28. The molecule has 2 aliphatic heterocycles.